The summed E-state index contributed by atoms with van der Waals surface area (Å²) in [4.78, 5) is 0. The van der Waals surface area contributed by atoms with Gasteiger partial charge in [-0.3, -0.25) is 18.2 Å². The van der Waals surface area contributed by atoms with E-state index in [-0.39, 0.29) is 0 Å². The van der Waals surface area contributed by atoms with Crippen molar-refractivity contribution in [2.75, 3.05) is 0 Å². The fourth-order valence-electron chi connectivity index (χ4n) is 0.984. The van der Waals surface area contributed by atoms with E-state index in [1.54, 1.807) is 0 Å². The molecule has 115 valence electrons. The van der Waals surface area contributed by atoms with Crippen LogP contribution < -0.4 is 0 Å². The van der Waals surface area contributed by atoms with Gasteiger partial charge in [0.1, 0.15) is 0 Å². The normalized spacial score (nSPS) is 15.7. The molecule has 0 aliphatic rings. The van der Waals surface area contributed by atoms with Crippen molar-refractivity contribution in [3.63, 3.8) is 0 Å². The van der Waals surface area contributed by atoms with Crippen LogP contribution in [0.2, 0.25) is 0 Å². The van der Waals surface area contributed by atoms with Crippen molar-refractivity contribution >= 4 is 40.5 Å². The average Bonchev–Trinajstić information content (AvgIpc) is 1.92. The molecular weight excluding hydrogens is 356 g/mol. The van der Waals surface area contributed by atoms with E-state index < -0.39 is 49.1 Å². The summed E-state index contributed by atoms with van der Waals surface area (Å²) in [5.74, 6) is 0. The molecule has 0 aromatic heterocycles. The summed E-state index contributed by atoms with van der Waals surface area (Å²) in [7, 11) is -24.7. The van der Waals surface area contributed by atoms with Gasteiger partial charge in [-0.15, -0.1) is 0 Å². The maximum atomic E-state index is 10.8. The van der Waals surface area contributed by atoms with Crippen LogP contribution in [0.4, 0.5) is 0 Å². The van der Waals surface area contributed by atoms with E-state index in [0.717, 1.165) is 0 Å². The number of hydrogen-bond acceptors (Lipinski definition) is 8. The fraction of sp³-hybridized carbons (Fsp3) is 0.667. The van der Waals surface area contributed by atoms with Crippen molar-refractivity contribution in [1.82, 2.24) is 0 Å². The van der Waals surface area contributed by atoms with Gasteiger partial charge in [-0.1, -0.05) is 0 Å². The maximum absolute atomic E-state index is 10.8. The van der Waals surface area contributed by atoms with Crippen LogP contribution in [0.1, 0.15) is 0 Å². The Morgan fingerprint density at radius 2 is 0.895 bits per heavy atom. The van der Waals surface area contributed by atoms with E-state index in [1.165, 1.54) is 0 Å². The summed E-state index contributed by atoms with van der Waals surface area (Å²) in [6.45, 7) is 2.09. The van der Waals surface area contributed by atoms with Gasteiger partial charge in [0.2, 0.25) is 0 Å². The van der Waals surface area contributed by atoms with Crippen LogP contribution in [-0.2, 0) is 40.5 Å². The Kier molecular flexibility index (Phi) is 4.50. The lowest BCUT2D eigenvalue weighted by Gasteiger charge is -2.27. The molecule has 0 fully saturated rings. The van der Waals surface area contributed by atoms with Crippen molar-refractivity contribution < 1.29 is 51.9 Å². The van der Waals surface area contributed by atoms with Crippen LogP contribution >= 0.6 is 0 Å². The van der Waals surface area contributed by atoms with Crippen molar-refractivity contribution in [3.05, 3.63) is 6.92 Å². The molecule has 0 saturated carbocycles. The monoisotopic (exact) mass is 363 g/mol. The molecule has 0 bridgehead atoms. The highest BCUT2D eigenvalue weighted by Gasteiger charge is 2.66. The summed E-state index contributed by atoms with van der Waals surface area (Å²) < 4.78 is 112. The molecule has 16 heteroatoms. The van der Waals surface area contributed by atoms with Gasteiger partial charge in [-0.05, 0) is 6.92 Å². The summed E-state index contributed by atoms with van der Waals surface area (Å²) in [5, 5.41) is 0. The van der Waals surface area contributed by atoms with Crippen molar-refractivity contribution in [2.45, 2.75) is 8.66 Å². The second-order valence-electron chi connectivity index (χ2n) is 3.12. The molecule has 0 aromatic rings. The lowest BCUT2D eigenvalue weighted by Crippen LogP contribution is -2.58. The Labute approximate surface area is 108 Å². The van der Waals surface area contributed by atoms with Gasteiger partial charge >= 0.3 is 0 Å². The minimum Gasteiger partial charge on any atom is -0.284 e. The third kappa shape index (κ3) is 3.40. The molecule has 0 aliphatic carbocycles. The molecule has 0 saturated heterocycles. The highest BCUT2D eigenvalue weighted by atomic mass is 32.3. The second kappa shape index (κ2) is 4.58. The van der Waals surface area contributed by atoms with E-state index in [2.05, 4.69) is 6.92 Å². The Morgan fingerprint density at radius 1 is 0.684 bits per heavy atom. The molecule has 19 heavy (non-hydrogen) atoms. The standard InChI is InChI=1S/C3H7O12S4/c1-3(18(10,11)12,19(13,14)15)2(16(4,5)6)17(7,8)9/h2H,1H2,(H,4,5,6)(H,7,8,9)(H,10,11,12)(H,13,14,15). The molecule has 0 rings (SSSR count). The van der Waals surface area contributed by atoms with Gasteiger partial charge in [0.15, 0.2) is 0 Å². The number of hydrogen-bond donors (Lipinski definition) is 4. The fourth-order valence-corrected chi connectivity index (χ4v) is 7.59. The van der Waals surface area contributed by atoms with Crippen molar-refractivity contribution in [2.24, 2.45) is 0 Å². The predicted octanol–water partition coefficient (Wildman–Crippen LogP) is -2.61. The van der Waals surface area contributed by atoms with E-state index in [4.69, 9.17) is 18.2 Å². The molecular formula is C3H7O12S4. The van der Waals surface area contributed by atoms with Crippen LogP contribution in [0.5, 0.6) is 0 Å². The molecule has 0 unspecified atom stereocenters. The Balaban J connectivity index is 7.03. The first-order valence-electron chi connectivity index (χ1n) is 3.59. The highest BCUT2D eigenvalue weighted by Crippen LogP contribution is 2.33. The zero-order valence-electron chi connectivity index (χ0n) is 8.47. The Bertz CT molecular complexity index is 698. The molecule has 0 aromatic carbocycles. The summed E-state index contributed by atoms with van der Waals surface area (Å²) >= 11 is 0. The molecule has 12 nitrogen and oxygen atoms in total. The molecule has 4 N–H and O–H groups in total. The minimum atomic E-state index is -6.22. The van der Waals surface area contributed by atoms with Crippen LogP contribution in [0.15, 0.2) is 0 Å². The minimum absolute atomic E-state index is 2.09. The zero-order chi connectivity index (χ0) is 16.1. The third-order valence-electron chi connectivity index (χ3n) is 1.77. The van der Waals surface area contributed by atoms with Gasteiger partial charge < -0.3 is 0 Å². The molecule has 0 atom stereocenters. The van der Waals surface area contributed by atoms with E-state index in [1.807, 2.05) is 0 Å². The highest BCUT2D eigenvalue weighted by molar-refractivity contribution is 8.11. The first kappa shape index (κ1) is 18.6. The second-order valence-corrected chi connectivity index (χ2v) is 10.0. The first-order chi connectivity index (χ1) is 7.87. The van der Waals surface area contributed by atoms with Gasteiger partial charge in [-0.25, -0.2) is 0 Å². The molecule has 0 amide bonds. The molecule has 0 aliphatic heterocycles. The van der Waals surface area contributed by atoms with E-state index in [0.29, 0.717) is 0 Å². The Morgan fingerprint density at radius 3 is 0.947 bits per heavy atom. The molecule has 0 spiro atoms. The largest absolute Gasteiger partial charge is 0.290 e. The van der Waals surface area contributed by atoms with Crippen LogP contribution in [0.3, 0.4) is 0 Å². The van der Waals surface area contributed by atoms with Gasteiger partial charge in [0, 0.05) is 0 Å². The summed E-state index contributed by atoms with van der Waals surface area (Å²) in [6, 6.07) is 0. The number of rotatable bonds is 5. The van der Waals surface area contributed by atoms with Crippen LogP contribution in [-0.4, -0.2) is 60.5 Å². The van der Waals surface area contributed by atoms with E-state index >= 15 is 0 Å². The smallest absolute Gasteiger partial charge is 0.284 e. The molecule has 1 radical (unpaired) electrons. The van der Waals surface area contributed by atoms with Crippen LogP contribution in [0, 0.1) is 6.92 Å². The van der Waals surface area contributed by atoms with Gasteiger partial charge in [0.05, 0.1) is 0 Å². The maximum Gasteiger partial charge on any atom is 0.290 e. The van der Waals surface area contributed by atoms with Gasteiger partial charge in [0.25, 0.3) is 49.1 Å². The third-order valence-corrected chi connectivity index (χ3v) is 9.20. The summed E-state index contributed by atoms with van der Waals surface area (Å²) in [5.41, 5.74) is 0. The topological polar surface area (TPSA) is 217 Å². The van der Waals surface area contributed by atoms with Crippen LogP contribution in [0.25, 0.3) is 0 Å². The Hall–Kier alpha value is -0.360. The van der Waals surface area contributed by atoms with Crippen molar-refractivity contribution in [3.8, 4) is 0 Å². The zero-order valence-corrected chi connectivity index (χ0v) is 11.7. The quantitative estimate of drug-likeness (QED) is 0.369. The summed E-state index contributed by atoms with van der Waals surface area (Å²) in [6.07, 6.45) is 0. The lowest BCUT2D eigenvalue weighted by atomic mass is 10.5. The van der Waals surface area contributed by atoms with E-state index in [9.17, 15) is 33.7 Å². The SMILES string of the molecule is [CH2]C(C(S(=O)(=O)O)S(=O)(=O)O)(S(=O)(=O)O)S(=O)(=O)O. The lowest BCUT2D eigenvalue weighted by molar-refractivity contribution is 0.413. The van der Waals surface area contributed by atoms with Gasteiger partial charge in [-0.2, -0.15) is 33.7 Å². The van der Waals surface area contributed by atoms with Crippen molar-refractivity contribution in [1.29, 1.82) is 0 Å². The first-order valence-corrected chi connectivity index (χ1v) is 9.47. The average molecular weight is 363 g/mol. The molecule has 0 heterocycles. The predicted molar refractivity (Wildman–Crippen MR) is 58.1 cm³/mol.